The van der Waals surface area contributed by atoms with Crippen molar-refractivity contribution in [1.29, 1.82) is 0 Å². The molecule has 0 aliphatic carbocycles. The van der Waals surface area contributed by atoms with E-state index in [4.69, 9.17) is 20.6 Å². The van der Waals surface area contributed by atoms with Gasteiger partial charge < -0.3 is 14.2 Å². The van der Waals surface area contributed by atoms with Crippen molar-refractivity contribution in [3.05, 3.63) is 23.8 Å². The normalized spacial score (nSPS) is 13.7. The summed E-state index contributed by atoms with van der Waals surface area (Å²) >= 11 is 0. The molecule has 0 spiro atoms. The summed E-state index contributed by atoms with van der Waals surface area (Å²) in [6.45, 7) is 2.15. The zero-order chi connectivity index (χ0) is 13.7. The van der Waals surface area contributed by atoms with Gasteiger partial charge in [-0.05, 0) is 31.0 Å². The molecule has 0 bridgehead atoms. The third-order valence-corrected chi connectivity index (χ3v) is 2.95. The van der Waals surface area contributed by atoms with E-state index in [2.05, 4.69) is 5.92 Å². The van der Waals surface area contributed by atoms with Gasteiger partial charge in [0, 0.05) is 6.42 Å². The molecule has 1 aliphatic heterocycles. The van der Waals surface area contributed by atoms with E-state index >= 15 is 0 Å². The van der Waals surface area contributed by atoms with Crippen molar-refractivity contribution in [2.75, 3.05) is 6.79 Å². The highest BCUT2D eigenvalue weighted by molar-refractivity contribution is 5.90. The fourth-order valence-corrected chi connectivity index (χ4v) is 1.83. The lowest BCUT2D eigenvalue weighted by Crippen LogP contribution is -2.17. The maximum Gasteiger partial charge on any atom is 0.338 e. The number of terminal acetylenes is 1. The van der Waals surface area contributed by atoms with Crippen LogP contribution in [0.2, 0.25) is 0 Å². The Labute approximate surface area is 112 Å². The molecule has 4 nitrogen and oxygen atoms in total. The predicted molar refractivity (Wildman–Crippen MR) is 70.1 cm³/mol. The van der Waals surface area contributed by atoms with Crippen molar-refractivity contribution < 1.29 is 19.0 Å². The highest BCUT2D eigenvalue weighted by Gasteiger charge is 2.19. The minimum absolute atomic E-state index is 0.144. The number of fused-ring (bicyclic) bond motifs is 1. The Balaban J connectivity index is 2.01. The van der Waals surface area contributed by atoms with Crippen LogP contribution in [0.5, 0.6) is 11.5 Å². The molecule has 0 N–H and O–H groups in total. The second-order valence-electron chi connectivity index (χ2n) is 4.25. The number of hydrogen-bond acceptors (Lipinski definition) is 4. The molecule has 0 unspecified atom stereocenters. The smallest absolute Gasteiger partial charge is 0.338 e. The SMILES string of the molecule is C#CCC[C@H](CC)OC(=O)c1ccc2c(c1)OCO2. The molecule has 4 heteroatoms. The van der Waals surface area contributed by atoms with Gasteiger partial charge in [-0.1, -0.05) is 6.92 Å². The summed E-state index contributed by atoms with van der Waals surface area (Å²) in [7, 11) is 0. The molecule has 1 aromatic carbocycles. The van der Waals surface area contributed by atoms with Crippen molar-refractivity contribution in [2.45, 2.75) is 32.3 Å². The van der Waals surface area contributed by atoms with Gasteiger partial charge >= 0.3 is 5.97 Å². The average molecular weight is 260 g/mol. The van der Waals surface area contributed by atoms with E-state index in [-0.39, 0.29) is 18.9 Å². The highest BCUT2D eigenvalue weighted by Crippen LogP contribution is 2.32. The molecule has 0 amide bonds. The minimum atomic E-state index is -0.359. The van der Waals surface area contributed by atoms with E-state index in [0.717, 1.165) is 6.42 Å². The van der Waals surface area contributed by atoms with Gasteiger partial charge in [0.1, 0.15) is 6.10 Å². The Morgan fingerprint density at radius 2 is 2.26 bits per heavy atom. The number of benzene rings is 1. The minimum Gasteiger partial charge on any atom is -0.459 e. The molecule has 0 radical (unpaired) electrons. The van der Waals surface area contributed by atoms with Crippen molar-refractivity contribution >= 4 is 5.97 Å². The van der Waals surface area contributed by atoms with Gasteiger partial charge in [0.15, 0.2) is 11.5 Å². The number of esters is 1. The van der Waals surface area contributed by atoms with E-state index in [1.165, 1.54) is 0 Å². The van der Waals surface area contributed by atoms with Gasteiger partial charge in [-0.3, -0.25) is 0 Å². The standard InChI is InChI=1S/C15H16O4/c1-3-5-6-12(4-2)19-15(16)11-7-8-13-14(9-11)18-10-17-13/h1,7-9,12H,4-6,10H2,2H3/t12-/m0/s1. The molecule has 1 aromatic rings. The van der Waals surface area contributed by atoms with Crippen LogP contribution in [-0.4, -0.2) is 18.9 Å². The van der Waals surface area contributed by atoms with Crippen molar-refractivity contribution in [3.8, 4) is 23.8 Å². The van der Waals surface area contributed by atoms with Crippen LogP contribution in [0.25, 0.3) is 0 Å². The largest absolute Gasteiger partial charge is 0.459 e. The molecular formula is C15H16O4. The summed E-state index contributed by atoms with van der Waals surface area (Å²) in [5.41, 5.74) is 0.461. The van der Waals surface area contributed by atoms with E-state index < -0.39 is 0 Å². The number of carbonyl (C=O) groups is 1. The average Bonchev–Trinajstić information content (AvgIpc) is 2.90. The van der Waals surface area contributed by atoms with Gasteiger partial charge in [0.05, 0.1) is 5.56 Å². The molecule has 0 saturated carbocycles. The van der Waals surface area contributed by atoms with Crippen LogP contribution in [0, 0.1) is 12.3 Å². The summed E-state index contributed by atoms with van der Waals surface area (Å²) in [6, 6.07) is 5.02. The van der Waals surface area contributed by atoms with Crippen LogP contribution >= 0.6 is 0 Å². The molecule has 100 valence electrons. The second kappa shape index (κ2) is 6.14. The lowest BCUT2D eigenvalue weighted by Gasteiger charge is -2.15. The Morgan fingerprint density at radius 3 is 3.00 bits per heavy atom. The molecule has 0 saturated heterocycles. The maximum absolute atomic E-state index is 12.0. The van der Waals surface area contributed by atoms with Crippen LogP contribution in [0.3, 0.4) is 0 Å². The first-order chi connectivity index (χ1) is 9.24. The van der Waals surface area contributed by atoms with Crippen molar-refractivity contribution in [1.82, 2.24) is 0 Å². The Hall–Kier alpha value is -2.15. The fourth-order valence-electron chi connectivity index (χ4n) is 1.83. The zero-order valence-corrected chi connectivity index (χ0v) is 10.8. The summed E-state index contributed by atoms with van der Waals surface area (Å²) in [6.07, 6.45) is 7.11. The van der Waals surface area contributed by atoms with E-state index in [1.807, 2.05) is 6.92 Å². The summed E-state index contributed by atoms with van der Waals surface area (Å²) in [4.78, 5) is 12.0. The predicted octanol–water partition coefficient (Wildman–Crippen LogP) is 2.76. The van der Waals surface area contributed by atoms with Crippen molar-refractivity contribution in [2.24, 2.45) is 0 Å². The molecule has 1 aliphatic rings. The molecule has 0 aromatic heterocycles. The quantitative estimate of drug-likeness (QED) is 0.603. The molecule has 2 rings (SSSR count). The first-order valence-corrected chi connectivity index (χ1v) is 6.28. The first-order valence-electron chi connectivity index (χ1n) is 6.28. The highest BCUT2D eigenvalue weighted by atomic mass is 16.7. The van der Waals surface area contributed by atoms with Crippen LogP contribution in [0.15, 0.2) is 18.2 Å². The number of ether oxygens (including phenoxy) is 3. The molecule has 1 heterocycles. The molecule has 0 fully saturated rings. The van der Waals surface area contributed by atoms with Gasteiger partial charge in [-0.15, -0.1) is 12.3 Å². The van der Waals surface area contributed by atoms with E-state index in [1.54, 1.807) is 18.2 Å². The van der Waals surface area contributed by atoms with Crippen molar-refractivity contribution in [3.63, 3.8) is 0 Å². The van der Waals surface area contributed by atoms with E-state index in [0.29, 0.717) is 29.9 Å². The van der Waals surface area contributed by atoms with Gasteiger partial charge in [0.2, 0.25) is 6.79 Å². The van der Waals surface area contributed by atoms with Crippen LogP contribution in [0.1, 0.15) is 36.5 Å². The number of hydrogen-bond donors (Lipinski definition) is 0. The number of carbonyl (C=O) groups excluding carboxylic acids is 1. The topological polar surface area (TPSA) is 44.8 Å². The van der Waals surface area contributed by atoms with Gasteiger partial charge in [-0.25, -0.2) is 4.79 Å². The monoisotopic (exact) mass is 260 g/mol. The van der Waals surface area contributed by atoms with E-state index in [9.17, 15) is 4.79 Å². The second-order valence-corrected chi connectivity index (χ2v) is 4.25. The Morgan fingerprint density at radius 1 is 1.47 bits per heavy atom. The molecule has 19 heavy (non-hydrogen) atoms. The lowest BCUT2D eigenvalue weighted by molar-refractivity contribution is 0.0276. The van der Waals surface area contributed by atoms with Gasteiger partial charge in [-0.2, -0.15) is 0 Å². The summed E-state index contributed by atoms with van der Waals surface area (Å²) in [5, 5.41) is 0. The maximum atomic E-state index is 12.0. The molecule has 1 atom stereocenters. The fraction of sp³-hybridized carbons (Fsp3) is 0.400. The van der Waals surface area contributed by atoms with Crippen LogP contribution in [0.4, 0.5) is 0 Å². The summed E-state index contributed by atoms with van der Waals surface area (Å²) < 4.78 is 15.8. The number of rotatable bonds is 5. The zero-order valence-electron chi connectivity index (χ0n) is 10.8. The van der Waals surface area contributed by atoms with Gasteiger partial charge in [0.25, 0.3) is 0 Å². The Bertz CT molecular complexity index is 501. The lowest BCUT2D eigenvalue weighted by atomic mass is 10.1. The van der Waals surface area contributed by atoms with Crippen LogP contribution in [-0.2, 0) is 4.74 Å². The third kappa shape index (κ3) is 3.19. The first kappa shape index (κ1) is 13.3. The molecular weight excluding hydrogens is 244 g/mol. The van der Waals surface area contributed by atoms with Crippen LogP contribution < -0.4 is 9.47 Å². The third-order valence-electron chi connectivity index (χ3n) is 2.95. The Kier molecular flexibility index (Phi) is 4.30. The summed E-state index contributed by atoms with van der Waals surface area (Å²) in [5.74, 6) is 3.42.